The number of esters is 1. The van der Waals surface area contributed by atoms with Gasteiger partial charge in [0.2, 0.25) is 5.89 Å². The topological polar surface area (TPSA) is 102 Å². The van der Waals surface area contributed by atoms with Crippen molar-refractivity contribution in [2.75, 3.05) is 31.1 Å². The number of para-hydroxylation sites is 1. The number of carbonyl (C=O) groups is 1. The normalized spacial score (nSPS) is 11.5. The van der Waals surface area contributed by atoms with Gasteiger partial charge in [0, 0.05) is 20.0 Å². The third kappa shape index (κ3) is 7.25. The van der Waals surface area contributed by atoms with Crippen LogP contribution >= 0.6 is 11.3 Å². The van der Waals surface area contributed by atoms with Crippen LogP contribution in [0.15, 0.2) is 76.5 Å². The molecule has 0 spiro atoms. The molecule has 2 aromatic carbocycles. The molecule has 0 aliphatic heterocycles. The highest BCUT2D eigenvalue weighted by atomic mass is 32.2. The zero-order valence-corrected chi connectivity index (χ0v) is 23.7. The summed E-state index contributed by atoms with van der Waals surface area (Å²) < 4.78 is 46.1. The van der Waals surface area contributed by atoms with Gasteiger partial charge in [-0.05, 0) is 55.1 Å². The number of anilines is 1. The van der Waals surface area contributed by atoms with Gasteiger partial charge in [0.05, 0.1) is 29.5 Å². The molecule has 0 amide bonds. The average molecular weight is 570 g/mol. The maximum atomic E-state index is 13.5. The standard InChI is InChI=1S/C28H31N3O6S2/c1-4-35-27(32)20-31(39(33,34)30(3)23-11-6-5-7-12-23)19-22-10-8-13-24(18-22)36-16-15-25-21(2)37-28(29-25)26-14-9-17-38-26/h5-14,17-18H,4,15-16,19-20H2,1-3H3. The number of aryl methyl sites for hydroxylation is 1. The molecule has 0 N–H and O–H groups in total. The van der Waals surface area contributed by atoms with E-state index in [2.05, 4.69) is 4.98 Å². The minimum absolute atomic E-state index is 0.0396. The van der Waals surface area contributed by atoms with E-state index in [9.17, 15) is 13.2 Å². The molecule has 4 rings (SSSR count). The molecule has 0 aliphatic carbocycles. The zero-order chi connectivity index (χ0) is 27.8. The van der Waals surface area contributed by atoms with E-state index < -0.39 is 22.7 Å². The molecular weight excluding hydrogens is 538 g/mol. The molecule has 0 saturated heterocycles. The van der Waals surface area contributed by atoms with Gasteiger partial charge in [0.25, 0.3) is 0 Å². The quantitative estimate of drug-likeness (QED) is 0.207. The summed E-state index contributed by atoms with van der Waals surface area (Å²) in [5.74, 6) is 1.30. The van der Waals surface area contributed by atoms with Crippen LogP contribution in [0.3, 0.4) is 0 Å². The van der Waals surface area contributed by atoms with Gasteiger partial charge in [-0.25, -0.2) is 4.98 Å². The van der Waals surface area contributed by atoms with Gasteiger partial charge in [0.1, 0.15) is 18.1 Å². The van der Waals surface area contributed by atoms with Crippen LogP contribution in [-0.2, 0) is 32.7 Å². The summed E-state index contributed by atoms with van der Waals surface area (Å²) >= 11 is 1.57. The van der Waals surface area contributed by atoms with E-state index in [0.29, 0.717) is 35.9 Å². The molecule has 0 radical (unpaired) electrons. The van der Waals surface area contributed by atoms with Gasteiger partial charge in [0.15, 0.2) is 0 Å². The predicted molar refractivity (Wildman–Crippen MR) is 151 cm³/mol. The number of oxazole rings is 1. The summed E-state index contributed by atoms with van der Waals surface area (Å²) in [6.07, 6.45) is 0.552. The lowest BCUT2D eigenvalue weighted by atomic mass is 10.2. The second kappa shape index (κ2) is 12.9. The number of thiophene rings is 1. The number of carbonyl (C=O) groups excluding carboxylic acids is 1. The highest BCUT2D eigenvalue weighted by Gasteiger charge is 2.30. The van der Waals surface area contributed by atoms with Crippen molar-refractivity contribution in [3.63, 3.8) is 0 Å². The number of benzene rings is 2. The van der Waals surface area contributed by atoms with E-state index >= 15 is 0 Å². The molecule has 2 aromatic heterocycles. The monoisotopic (exact) mass is 569 g/mol. The molecule has 9 nitrogen and oxygen atoms in total. The van der Waals surface area contributed by atoms with Crippen molar-refractivity contribution < 1.29 is 27.1 Å². The first-order valence-electron chi connectivity index (χ1n) is 12.4. The SMILES string of the molecule is CCOC(=O)CN(Cc1cccc(OCCc2nc(-c3cccs3)oc2C)c1)S(=O)(=O)N(C)c1ccccc1. The number of nitrogens with zero attached hydrogens (tertiary/aromatic N) is 3. The Morgan fingerprint density at radius 1 is 1.08 bits per heavy atom. The second-order valence-electron chi connectivity index (χ2n) is 8.63. The predicted octanol–water partition coefficient (Wildman–Crippen LogP) is 5.08. The minimum atomic E-state index is -4.05. The van der Waals surface area contributed by atoms with Crippen molar-refractivity contribution in [3.8, 4) is 16.5 Å². The molecule has 4 aromatic rings. The van der Waals surface area contributed by atoms with Crippen LogP contribution in [-0.4, -0.2) is 50.5 Å². The fraction of sp³-hybridized carbons (Fsp3) is 0.286. The lowest BCUT2D eigenvalue weighted by Gasteiger charge is -2.28. The molecule has 0 fully saturated rings. The van der Waals surface area contributed by atoms with Gasteiger partial charge in [-0.2, -0.15) is 12.7 Å². The number of hydrogen-bond donors (Lipinski definition) is 0. The van der Waals surface area contributed by atoms with E-state index in [4.69, 9.17) is 13.9 Å². The Morgan fingerprint density at radius 2 is 1.87 bits per heavy atom. The summed E-state index contributed by atoms with van der Waals surface area (Å²) in [4.78, 5) is 17.9. The summed E-state index contributed by atoms with van der Waals surface area (Å²) in [6.45, 7) is 3.62. The molecule has 0 atom stereocenters. The molecule has 0 saturated carbocycles. The smallest absolute Gasteiger partial charge is 0.321 e. The maximum absolute atomic E-state index is 13.5. The Bertz CT molecular complexity index is 1470. The van der Waals surface area contributed by atoms with Crippen LogP contribution in [0, 0.1) is 6.92 Å². The Labute approximate surface area is 232 Å². The van der Waals surface area contributed by atoms with Crippen LogP contribution in [0.1, 0.15) is 23.9 Å². The molecule has 39 heavy (non-hydrogen) atoms. The van der Waals surface area contributed by atoms with Gasteiger partial charge in [-0.15, -0.1) is 11.3 Å². The number of rotatable bonds is 13. The van der Waals surface area contributed by atoms with E-state index in [1.165, 1.54) is 7.05 Å². The molecular formula is C28H31N3O6S2. The van der Waals surface area contributed by atoms with Crippen molar-refractivity contribution in [2.45, 2.75) is 26.8 Å². The average Bonchev–Trinajstić information content (AvgIpc) is 3.59. The van der Waals surface area contributed by atoms with Crippen molar-refractivity contribution in [3.05, 3.63) is 89.1 Å². The lowest BCUT2D eigenvalue weighted by Crippen LogP contribution is -2.44. The number of aromatic nitrogens is 1. The molecule has 2 heterocycles. The molecule has 0 aliphatic rings. The summed E-state index contributed by atoms with van der Waals surface area (Å²) in [5.41, 5.74) is 1.97. The third-order valence-electron chi connectivity index (χ3n) is 5.89. The van der Waals surface area contributed by atoms with Gasteiger partial charge >= 0.3 is 16.2 Å². The van der Waals surface area contributed by atoms with E-state index in [-0.39, 0.29) is 13.2 Å². The lowest BCUT2D eigenvalue weighted by molar-refractivity contribution is -0.143. The third-order valence-corrected chi connectivity index (χ3v) is 8.56. The highest BCUT2D eigenvalue weighted by Crippen LogP contribution is 2.26. The molecule has 0 unspecified atom stereocenters. The van der Waals surface area contributed by atoms with Crippen molar-refractivity contribution in [2.24, 2.45) is 0 Å². The Hall–Kier alpha value is -3.67. The fourth-order valence-electron chi connectivity index (χ4n) is 3.88. The maximum Gasteiger partial charge on any atom is 0.321 e. The van der Waals surface area contributed by atoms with Gasteiger partial charge < -0.3 is 13.9 Å². The van der Waals surface area contributed by atoms with Crippen LogP contribution in [0.5, 0.6) is 5.75 Å². The summed E-state index contributed by atoms with van der Waals surface area (Å²) in [6, 6.07) is 19.7. The minimum Gasteiger partial charge on any atom is -0.493 e. The first-order valence-corrected chi connectivity index (χ1v) is 14.7. The van der Waals surface area contributed by atoms with Crippen LogP contribution in [0.4, 0.5) is 5.69 Å². The second-order valence-corrected chi connectivity index (χ2v) is 11.5. The highest BCUT2D eigenvalue weighted by molar-refractivity contribution is 7.90. The van der Waals surface area contributed by atoms with Gasteiger partial charge in [-0.3, -0.25) is 9.10 Å². The van der Waals surface area contributed by atoms with Gasteiger partial charge in [-0.1, -0.05) is 36.4 Å². The largest absolute Gasteiger partial charge is 0.493 e. The summed E-state index contributed by atoms with van der Waals surface area (Å²) in [5, 5.41) is 1.98. The fourth-order valence-corrected chi connectivity index (χ4v) is 5.85. The van der Waals surface area contributed by atoms with Crippen LogP contribution in [0.25, 0.3) is 10.8 Å². The van der Waals surface area contributed by atoms with E-state index in [0.717, 1.165) is 24.9 Å². The van der Waals surface area contributed by atoms with Crippen LogP contribution in [0.2, 0.25) is 0 Å². The molecule has 11 heteroatoms. The first-order chi connectivity index (χ1) is 18.8. The van der Waals surface area contributed by atoms with Crippen molar-refractivity contribution in [1.29, 1.82) is 0 Å². The number of ether oxygens (including phenoxy) is 2. The van der Waals surface area contributed by atoms with E-state index in [1.54, 1.807) is 72.9 Å². The number of hydrogen-bond acceptors (Lipinski definition) is 8. The van der Waals surface area contributed by atoms with Crippen LogP contribution < -0.4 is 9.04 Å². The molecule has 0 bridgehead atoms. The van der Waals surface area contributed by atoms with E-state index in [1.807, 2.05) is 24.4 Å². The molecule has 206 valence electrons. The van der Waals surface area contributed by atoms with Crippen molar-refractivity contribution in [1.82, 2.24) is 9.29 Å². The Morgan fingerprint density at radius 3 is 2.59 bits per heavy atom. The Kier molecular flexibility index (Phi) is 9.39. The summed E-state index contributed by atoms with van der Waals surface area (Å²) in [7, 11) is -2.59. The Balaban J connectivity index is 1.45. The van der Waals surface area contributed by atoms with Crippen molar-refractivity contribution >= 4 is 33.2 Å². The zero-order valence-electron chi connectivity index (χ0n) is 22.1. The first kappa shape index (κ1) is 28.3.